The fraction of sp³-hybridized carbons (Fsp3) is 0.170. The minimum atomic E-state index is -0.434. The monoisotopic (exact) mass is 1390 g/mol. The molecule has 0 spiro atoms. The summed E-state index contributed by atoms with van der Waals surface area (Å²) in [5, 5.41) is 0. The normalized spacial score (nSPS) is 12.7. The molecule has 18 bridgehead atoms. The van der Waals surface area contributed by atoms with Crippen LogP contribution in [0.3, 0.4) is 0 Å². The molecule has 0 saturated heterocycles. The van der Waals surface area contributed by atoms with E-state index in [0.29, 0.717) is 67.5 Å². The van der Waals surface area contributed by atoms with E-state index in [4.69, 9.17) is 0 Å². The van der Waals surface area contributed by atoms with E-state index in [1.807, 2.05) is 114 Å². The van der Waals surface area contributed by atoms with Gasteiger partial charge in [0.2, 0.25) is 0 Å². The van der Waals surface area contributed by atoms with Gasteiger partial charge in [0, 0.05) is 140 Å². The Bertz CT molecular complexity index is 4580. The summed E-state index contributed by atoms with van der Waals surface area (Å²) >= 11 is 0. The van der Waals surface area contributed by atoms with Crippen LogP contribution in [0.25, 0.3) is 0 Å². The van der Waals surface area contributed by atoms with Crippen molar-refractivity contribution in [3.05, 3.63) is 320 Å². The first-order chi connectivity index (χ1) is 51.4. The van der Waals surface area contributed by atoms with E-state index in [0.717, 1.165) is 0 Å². The zero-order valence-corrected chi connectivity index (χ0v) is 61.3. The van der Waals surface area contributed by atoms with Crippen molar-refractivity contribution in [1.82, 2.24) is 0 Å². The Morgan fingerprint density at radius 1 is 0.208 bits per heavy atom. The van der Waals surface area contributed by atoms with Gasteiger partial charge in [0.1, 0.15) is 0 Å². The molecule has 0 unspecified atom stereocenters. The van der Waals surface area contributed by atoms with Crippen molar-refractivity contribution >= 4 is 69.6 Å². The molecule has 0 N–H and O–H groups in total. The predicted molar refractivity (Wildman–Crippen MR) is 429 cm³/mol. The summed E-state index contributed by atoms with van der Waals surface area (Å²) in [6, 6.07) is 71.0. The number of anilines is 6. The first-order valence-electron chi connectivity index (χ1n) is 35.3. The number of nitrogens with zero attached hydrogens (tertiary/aromatic N) is 6. The van der Waals surface area contributed by atoms with Crippen molar-refractivity contribution in [2.45, 2.75) is 69.2 Å². The van der Waals surface area contributed by atoms with Crippen LogP contribution in [0.4, 0.5) is 34.1 Å². The standard InChI is InChI=1S/C66H48N6O6.4C7H8/c1-7-67-55-31-43-19-13-14-21-45-28-52-40-58(34-45)70(10-4)66(78)54-30-48-24-18-17-23-46-27-51(39-57(33-46)69(9-3)62(74)50(26-43)37-55)63(75)68(8-2)56-32-44(25-49(38-56)61(67)73)20-15-16-22-47-29-53(41-59(35-47)71(11-5)64(52)76)65(77)72(12-6)60(36-48)42-54;4*1-7-5-3-2-4-6-7/h25-42H,7-12H2,1-6H3;4*2-6H,1H3. The van der Waals surface area contributed by atoms with Crippen LogP contribution >= 0.6 is 0 Å². The van der Waals surface area contributed by atoms with E-state index in [9.17, 15) is 0 Å². The molecule has 15 rings (SSSR count). The highest BCUT2D eigenvalue weighted by atomic mass is 16.2. The van der Waals surface area contributed by atoms with Gasteiger partial charge in [0.25, 0.3) is 35.4 Å². The Morgan fingerprint density at radius 3 is 0.462 bits per heavy atom. The molecule has 5 heterocycles. The Labute approximate surface area is 623 Å². The number of carbonyl (C=O) groups is 6. The van der Waals surface area contributed by atoms with Gasteiger partial charge in [-0.2, -0.15) is 0 Å². The van der Waals surface area contributed by atoms with Gasteiger partial charge in [0.05, 0.1) is 0 Å². The van der Waals surface area contributed by atoms with Gasteiger partial charge < -0.3 is 29.4 Å². The van der Waals surface area contributed by atoms with Gasteiger partial charge in [-0.25, -0.2) is 0 Å². The van der Waals surface area contributed by atoms with Crippen LogP contribution in [-0.4, -0.2) is 74.7 Å². The van der Waals surface area contributed by atoms with Gasteiger partial charge in [-0.15, -0.1) is 0 Å². The van der Waals surface area contributed by atoms with Gasteiger partial charge in [0.15, 0.2) is 0 Å². The molecule has 0 radical (unpaired) electrons. The highest BCUT2D eigenvalue weighted by molar-refractivity contribution is 6.15. The molecule has 6 amide bonds. The number of fused-ring (bicyclic) bond motifs is 9. The Morgan fingerprint density at radius 2 is 0.349 bits per heavy atom. The third-order valence-corrected chi connectivity index (χ3v) is 17.4. The molecule has 10 aromatic rings. The lowest BCUT2D eigenvalue weighted by molar-refractivity contribution is 0.0977. The van der Waals surface area contributed by atoms with Gasteiger partial charge in [-0.1, -0.05) is 179 Å². The molecule has 0 saturated carbocycles. The highest BCUT2D eigenvalue weighted by Gasteiger charge is 2.29. The molecule has 12 heteroatoms. The zero-order valence-electron chi connectivity index (χ0n) is 61.3. The predicted octanol–water partition coefficient (Wildman–Crippen LogP) is 17.1. The molecule has 0 aromatic heterocycles. The maximum absolute atomic E-state index is 15.1. The molecule has 0 atom stereocenters. The Kier molecular flexibility index (Phi) is 25.4. The van der Waals surface area contributed by atoms with Crippen molar-refractivity contribution in [3.8, 4) is 71.0 Å². The van der Waals surface area contributed by atoms with E-state index in [2.05, 4.69) is 147 Å². The maximum Gasteiger partial charge on any atom is 0.258 e. The number of carbonyl (C=O) groups excluding carboxylic acids is 6. The second kappa shape index (κ2) is 35.8. The van der Waals surface area contributed by atoms with Crippen molar-refractivity contribution < 1.29 is 28.8 Å². The molecule has 0 aliphatic carbocycles. The fourth-order valence-electron chi connectivity index (χ4n) is 12.1. The second-order valence-corrected chi connectivity index (χ2v) is 25.0. The van der Waals surface area contributed by atoms with E-state index >= 15 is 28.8 Å². The van der Waals surface area contributed by atoms with Crippen LogP contribution in [-0.2, 0) is 0 Å². The summed E-state index contributed by atoms with van der Waals surface area (Å²) in [6.45, 7) is 20.3. The zero-order chi connectivity index (χ0) is 75.2. The summed E-state index contributed by atoms with van der Waals surface area (Å²) in [5.41, 5.74) is 11.0. The lowest BCUT2D eigenvalue weighted by Gasteiger charge is -2.25. The largest absolute Gasteiger partial charge is 0.309 e. The van der Waals surface area contributed by atoms with Crippen LogP contribution < -0.4 is 29.4 Å². The number of amides is 6. The van der Waals surface area contributed by atoms with E-state index in [-0.39, 0.29) is 72.6 Å². The molecule has 522 valence electrons. The molecular weight excluding hydrogens is 1310 g/mol. The van der Waals surface area contributed by atoms with Gasteiger partial charge in [-0.05, 0) is 214 Å². The fourth-order valence-corrected chi connectivity index (χ4v) is 12.1. The number of benzene rings is 10. The minimum absolute atomic E-state index is 0.176. The molecule has 5 aliphatic rings. The third-order valence-electron chi connectivity index (χ3n) is 17.4. The highest BCUT2D eigenvalue weighted by Crippen LogP contribution is 2.33. The van der Waals surface area contributed by atoms with Crippen LogP contribution in [0.1, 0.15) is 159 Å². The first kappa shape index (κ1) is 75.1. The quantitative estimate of drug-likeness (QED) is 0.153. The van der Waals surface area contributed by atoms with Crippen molar-refractivity contribution in [1.29, 1.82) is 0 Å². The van der Waals surface area contributed by atoms with Crippen LogP contribution in [0.5, 0.6) is 0 Å². The number of rotatable bonds is 6. The maximum atomic E-state index is 15.1. The molecule has 106 heavy (non-hydrogen) atoms. The summed E-state index contributed by atoms with van der Waals surface area (Å²) in [4.78, 5) is 99.5. The summed E-state index contributed by atoms with van der Waals surface area (Å²) in [5.74, 6) is 33.7. The second-order valence-electron chi connectivity index (χ2n) is 25.0. The average molecular weight is 1390 g/mol. The summed E-state index contributed by atoms with van der Waals surface area (Å²) in [7, 11) is 0. The number of aryl methyl sites for hydroxylation is 4. The Hall–Kier alpha value is -13.6. The topological polar surface area (TPSA) is 122 Å². The lowest BCUT2D eigenvalue weighted by atomic mass is 10.0. The number of hydrogen-bond donors (Lipinski definition) is 0. The number of hydrogen-bond acceptors (Lipinski definition) is 6. The first-order valence-corrected chi connectivity index (χ1v) is 35.3. The average Bonchev–Trinajstić information content (AvgIpc) is 1.43. The summed E-state index contributed by atoms with van der Waals surface area (Å²) < 4.78 is 0. The molecule has 12 nitrogen and oxygen atoms in total. The smallest absolute Gasteiger partial charge is 0.258 e. The van der Waals surface area contributed by atoms with Crippen molar-refractivity contribution in [3.63, 3.8) is 0 Å². The Balaban J connectivity index is 0.000000354. The lowest BCUT2D eigenvalue weighted by Crippen LogP contribution is -2.33. The SMILES string of the molecule is CCN1C(=O)c2cc3cc(c2)N(CC)C(=O)c2cc4cc(c2)N(CC)C(=O)c2cc(cc1c2)C#CC#Cc1cc2cc(c1)N(CC)C(=O)c1cc(cc(c1)N(CC)C(=O)c1cc(cc(c1)N(CC)C2=O)C#CC#C3)C#CC#C4.Cc1ccccc1.Cc1ccccc1.Cc1ccccc1.Cc1ccccc1. The van der Waals surface area contributed by atoms with Crippen LogP contribution in [0.15, 0.2) is 231 Å². The molecule has 5 aliphatic heterocycles. The van der Waals surface area contributed by atoms with Crippen molar-refractivity contribution in [2.75, 3.05) is 68.7 Å². The molecular formula is C94H80N6O6. The van der Waals surface area contributed by atoms with Crippen molar-refractivity contribution in [2.24, 2.45) is 0 Å². The van der Waals surface area contributed by atoms with Crippen LogP contribution in [0.2, 0.25) is 0 Å². The van der Waals surface area contributed by atoms with E-state index < -0.39 is 35.4 Å². The van der Waals surface area contributed by atoms with E-state index in [1.165, 1.54) is 51.7 Å². The third kappa shape index (κ3) is 18.9. The summed E-state index contributed by atoms with van der Waals surface area (Å²) in [6.07, 6.45) is 0. The van der Waals surface area contributed by atoms with E-state index in [1.54, 1.807) is 109 Å². The van der Waals surface area contributed by atoms with Gasteiger partial charge >= 0.3 is 0 Å². The van der Waals surface area contributed by atoms with Gasteiger partial charge in [-0.3, -0.25) is 28.8 Å². The minimum Gasteiger partial charge on any atom is -0.309 e. The molecule has 10 aromatic carbocycles. The van der Waals surface area contributed by atoms with Crippen LogP contribution in [0, 0.1) is 98.7 Å². The molecule has 0 fully saturated rings.